The number of anilines is 1. The van der Waals surface area contributed by atoms with E-state index in [1.54, 1.807) is 28.4 Å². The van der Waals surface area contributed by atoms with Gasteiger partial charge < -0.3 is 33.9 Å². The van der Waals surface area contributed by atoms with Gasteiger partial charge in [0, 0.05) is 18.3 Å². The summed E-state index contributed by atoms with van der Waals surface area (Å²) in [6.45, 7) is 1.08. The van der Waals surface area contributed by atoms with Gasteiger partial charge in [-0.2, -0.15) is 0 Å². The van der Waals surface area contributed by atoms with Crippen molar-refractivity contribution in [3.05, 3.63) is 71.8 Å². The maximum atomic E-state index is 6.28. The van der Waals surface area contributed by atoms with E-state index in [0.717, 1.165) is 30.0 Å². The number of thiocarbonyl (C=S) groups is 1. The lowest BCUT2D eigenvalue weighted by Gasteiger charge is -2.39. The molecule has 0 aromatic heterocycles. The summed E-state index contributed by atoms with van der Waals surface area (Å²) >= 11 is 5.87. The Hall–Kier alpha value is -3.65. The molecular weight excluding hydrogens is 464 g/mol. The van der Waals surface area contributed by atoms with E-state index in [2.05, 4.69) is 10.2 Å². The number of rotatable bonds is 8. The maximum absolute atomic E-state index is 6.28. The van der Waals surface area contributed by atoms with Gasteiger partial charge in [0.05, 0.1) is 34.5 Å². The van der Waals surface area contributed by atoms with Gasteiger partial charge in [-0.1, -0.05) is 18.2 Å². The van der Waals surface area contributed by atoms with Crippen LogP contribution in [0.1, 0.15) is 17.2 Å². The van der Waals surface area contributed by atoms with Crippen LogP contribution in [0.15, 0.2) is 60.7 Å². The first-order chi connectivity index (χ1) is 17.1. The summed E-state index contributed by atoms with van der Waals surface area (Å²) in [5.74, 6) is 3.49. The number of hydrogen-bond acceptors (Lipinski definition) is 6. The van der Waals surface area contributed by atoms with Crippen LogP contribution >= 0.6 is 12.2 Å². The fraction of sp³-hybridized carbons (Fsp3) is 0.296. The van der Waals surface area contributed by atoms with E-state index >= 15 is 0 Å². The molecule has 1 N–H and O–H groups in total. The second-order valence-corrected chi connectivity index (χ2v) is 8.38. The lowest BCUT2D eigenvalue weighted by atomic mass is 9.92. The molecule has 0 aliphatic carbocycles. The highest BCUT2D eigenvalue weighted by atomic mass is 32.1. The van der Waals surface area contributed by atoms with E-state index in [1.165, 1.54) is 5.56 Å². The Bertz CT molecular complexity index is 1190. The number of nitrogens with zero attached hydrogens (tertiary/aromatic N) is 1. The van der Waals surface area contributed by atoms with Crippen molar-refractivity contribution in [1.82, 2.24) is 4.90 Å². The van der Waals surface area contributed by atoms with E-state index in [4.69, 9.17) is 35.9 Å². The third kappa shape index (κ3) is 5.38. The first kappa shape index (κ1) is 24.5. The van der Waals surface area contributed by atoms with Gasteiger partial charge in [0.15, 0.2) is 28.1 Å². The number of fused-ring (bicyclic) bond motifs is 1. The maximum Gasteiger partial charge on any atom is 0.174 e. The third-order valence-electron chi connectivity index (χ3n) is 6.05. The Labute approximate surface area is 211 Å². The van der Waals surface area contributed by atoms with Gasteiger partial charge in [-0.05, 0) is 66.2 Å². The average molecular weight is 495 g/mol. The van der Waals surface area contributed by atoms with Crippen molar-refractivity contribution >= 4 is 23.0 Å². The van der Waals surface area contributed by atoms with Crippen LogP contribution in [0.5, 0.6) is 28.7 Å². The van der Waals surface area contributed by atoms with E-state index in [0.29, 0.717) is 34.7 Å². The summed E-state index contributed by atoms with van der Waals surface area (Å²) in [5, 5.41) is 3.96. The molecule has 1 aliphatic rings. The number of nitrogens with one attached hydrogen (secondary N) is 1. The summed E-state index contributed by atoms with van der Waals surface area (Å²) < 4.78 is 28.2. The van der Waals surface area contributed by atoms with Gasteiger partial charge >= 0.3 is 0 Å². The van der Waals surface area contributed by atoms with Crippen LogP contribution in [0.25, 0.3) is 0 Å². The van der Waals surface area contributed by atoms with Gasteiger partial charge in [0.2, 0.25) is 0 Å². The van der Waals surface area contributed by atoms with Crippen molar-refractivity contribution in [3.63, 3.8) is 0 Å². The van der Waals surface area contributed by atoms with Crippen molar-refractivity contribution < 1.29 is 23.7 Å². The minimum atomic E-state index is -0.158. The molecule has 4 rings (SSSR count). The van der Waals surface area contributed by atoms with Crippen molar-refractivity contribution in [2.45, 2.75) is 12.5 Å². The Morgan fingerprint density at radius 3 is 2.29 bits per heavy atom. The largest absolute Gasteiger partial charge is 0.497 e. The van der Waals surface area contributed by atoms with Gasteiger partial charge in [-0.15, -0.1) is 0 Å². The molecule has 184 valence electrons. The number of benzene rings is 3. The second-order valence-electron chi connectivity index (χ2n) is 7.99. The summed E-state index contributed by atoms with van der Waals surface area (Å²) in [5.41, 5.74) is 3.12. The molecule has 0 spiro atoms. The molecule has 3 aromatic rings. The first-order valence-corrected chi connectivity index (χ1v) is 11.7. The van der Waals surface area contributed by atoms with Gasteiger partial charge in [-0.25, -0.2) is 0 Å². The van der Waals surface area contributed by atoms with Gasteiger partial charge in [-0.3, -0.25) is 0 Å². The van der Waals surface area contributed by atoms with Crippen LogP contribution in [0.3, 0.4) is 0 Å². The molecule has 0 unspecified atom stereocenters. The van der Waals surface area contributed by atoms with Gasteiger partial charge in [0.1, 0.15) is 12.4 Å². The van der Waals surface area contributed by atoms with Crippen molar-refractivity contribution in [1.29, 1.82) is 0 Å². The van der Waals surface area contributed by atoms with Crippen LogP contribution in [0.4, 0.5) is 5.69 Å². The molecule has 1 atom stereocenters. The van der Waals surface area contributed by atoms with E-state index in [1.807, 2.05) is 60.7 Å². The summed E-state index contributed by atoms with van der Waals surface area (Å²) in [6, 6.07) is 19.2. The zero-order chi connectivity index (χ0) is 24.8. The quantitative estimate of drug-likeness (QED) is 0.434. The number of hydrogen-bond donors (Lipinski definition) is 1. The molecule has 0 amide bonds. The van der Waals surface area contributed by atoms with Crippen LogP contribution in [-0.2, 0) is 6.42 Å². The van der Waals surface area contributed by atoms with Crippen LogP contribution < -0.4 is 29.0 Å². The highest BCUT2D eigenvalue weighted by molar-refractivity contribution is 7.80. The van der Waals surface area contributed by atoms with Crippen molar-refractivity contribution in [3.8, 4) is 28.7 Å². The Morgan fingerprint density at radius 1 is 0.857 bits per heavy atom. The molecule has 35 heavy (non-hydrogen) atoms. The molecular formula is C27H30N2O5S. The molecule has 0 saturated carbocycles. The lowest BCUT2D eigenvalue weighted by molar-refractivity contribution is 0.185. The number of methoxy groups -OCH3 is 4. The molecule has 1 aliphatic heterocycles. The minimum Gasteiger partial charge on any atom is -0.497 e. The molecule has 0 radical (unpaired) electrons. The molecule has 1 heterocycles. The molecule has 0 fully saturated rings. The topological polar surface area (TPSA) is 61.4 Å². The number of ether oxygens (including phenoxy) is 5. The van der Waals surface area contributed by atoms with E-state index in [-0.39, 0.29) is 6.04 Å². The summed E-state index contributed by atoms with van der Waals surface area (Å²) in [7, 11) is 6.57. The third-order valence-corrected chi connectivity index (χ3v) is 6.39. The van der Waals surface area contributed by atoms with Crippen molar-refractivity contribution in [2.24, 2.45) is 0 Å². The summed E-state index contributed by atoms with van der Waals surface area (Å²) in [4.78, 5) is 2.15. The standard InChI is InChI=1S/C27H30N2O5S/c1-30-20-9-7-8-19(15-20)28-27(35)29-13-12-18-14-25(32-3)26(33-4)16-21(18)22(29)17-34-24-11-6-5-10-23(24)31-2/h5-11,14-16,22H,12-13,17H2,1-4H3,(H,28,35)/t22-/m1/s1. The average Bonchev–Trinajstić information content (AvgIpc) is 2.90. The van der Waals surface area contributed by atoms with E-state index < -0.39 is 0 Å². The summed E-state index contributed by atoms with van der Waals surface area (Å²) in [6.07, 6.45) is 0.806. The monoisotopic (exact) mass is 494 g/mol. The minimum absolute atomic E-state index is 0.158. The molecule has 3 aromatic carbocycles. The fourth-order valence-corrected chi connectivity index (χ4v) is 4.59. The Balaban J connectivity index is 1.66. The highest BCUT2D eigenvalue weighted by Crippen LogP contribution is 2.39. The van der Waals surface area contributed by atoms with E-state index in [9.17, 15) is 0 Å². The smallest absolute Gasteiger partial charge is 0.174 e. The predicted molar refractivity (Wildman–Crippen MR) is 140 cm³/mol. The Kier molecular flexibility index (Phi) is 7.82. The fourth-order valence-electron chi connectivity index (χ4n) is 4.25. The zero-order valence-electron chi connectivity index (χ0n) is 20.4. The van der Waals surface area contributed by atoms with Crippen LogP contribution in [-0.4, -0.2) is 51.6 Å². The second kappa shape index (κ2) is 11.2. The molecule has 0 bridgehead atoms. The normalized spacial score (nSPS) is 14.5. The van der Waals surface area contributed by atoms with Crippen LogP contribution in [0, 0.1) is 0 Å². The van der Waals surface area contributed by atoms with Crippen LogP contribution in [0.2, 0.25) is 0 Å². The SMILES string of the molecule is COc1cccc(NC(=S)N2CCc3cc(OC)c(OC)cc3[C@H]2COc2ccccc2OC)c1. The van der Waals surface area contributed by atoms with Crippen molar-refractivity contribution in [2.75, 3.05) is 46.9 Å². The predicted octanol–water partition coefficient (Wildman–Crippen LogP) is 5.10. The molecule has 7 nitrogen and oxygen atoms in total. The number of para-hydroxylation sites is 2. The Morgan fingerprint density at radius 2 is 1.57 bits per heavy atom. The van der Waals surface area contributed by atoms with Gasteiger partial charge in [0.25, 0.3) is 0 Å². The molecule has 8 heteroatoms. The first-order valence-electron chi connectivity index (χ1n) is 11.3. The highest BCUT2D eigenvalue weighted by Gasteiger charge is 2.31. The lowest BCUT2D eigenvalue weighted by Crippen LogP contribution is -2.44. The molecule has 0 saturated heterocycles. The zero-order valence-corrected chi connectivity index (χ0v) is 21.2.